The smallest absolute Gasteiger partial charge is 0.0978 e. The van der Waals surface area contributed by atoms with Crippen LogP contribution in [0.5, 0.6) is 0 Å². The van der Waals surface area contributed by atoms with Gasteiger partial charge < -0.3 is 4.74 Å². The van der Waals surface area contributed by atoms with Gasteiger partial charge in [-0.05, 0) is 38.4 Å². The molecule has 0 aromatic heterocycles. The van der Waals surface area contributed by atoms with Gasteiger partial charge in [0, 0.05) is 6.61 Å². The highest BCUT2D eigenvalue weighted by atomic mass is 32.2. The molecule has 1 nitrogen and oxygen atoms in total. The zero-order chi connectivity index (χ0) is 9.52. The second kappa shape index (κ2) is 6.61. The summed E-state index contributed by atoms with van der Waals surface area (Å²) in [6.45, 7) is 5.45. The average molecular weight is 202 g/mol. The molecule has 0 saturated carbocycles. The number of hydrogen-bond acceptors (Lipinski definition) is 1. The van der Waals surface area contributed by atoms with E-state index in [0.29, 0.717) is 15.9 Å². The highest BCUT2D eigenvalue weighted by Gasteiger charge is 2.15. The molecule has 1 heterocycles. The van der Waals surface area contributed by atoms with Crippen LogP contribution in [0.15, 0.2) is 0 Å². The van der Waals surface area contributed by atoms with Gasteiger partial charge in [0.1, 0.15) is 0 Å². The van der Waals surface area contributed by atoms with E-state index in [0.717, 1.165) is 6.61 Å². The molecule has 2 unspecified atom stereocenters. The van der Waals surface area contributed by atoms with Crippen molar-refractivity contribution in [1.82, 2.24) is 0 Å². The van der Waals surface area contributed by atoms with Crippen LogP contribution >= 0.6 is 10.5 Å². The molecule has 13 heavy (non-hydrogen) atoms. The van der Waals surface area contributed by atoms with Gasteiger partial charge in [0.05, 0.1) is 5.44 Å². The van der Waals surface area contributed by atoms with E-state index in [4.69, 9.17) is 4.74 Å². The Balaban J connectivity index is 2.36. The van der Waals surface area contributed by atoms with E-state index in [1.807, 2.05) is 0 Å². The highest BCUT2D eigenvalue weighted by molar-refractivity contribution is 8.15. The molecule has 2 heteroatoms. The lowest BCUT2D eigenvalue weighted by Gasteiger charge is -2.26. The standard InChI is InChI=1S/C11H22OS/c1-3-5-10-13(4-2)11-8-6-7-9-12-11/h4,11H,3,5-10H2,1-2H3. The van der Waals surface area contributed by atoms with Crippen molar-refractivity contribution in [2.45, 2.75) is 51.4 Å². The SMILES string of the molecule is CC=S(CCCC)C1CCCCO1. The van der Waals surface area contributed by atoms with Crippen LogP contribution in [0.4, 0.5) is 0 Å². The van der Waals surface area contributed by atoms with Gasteiger partial charge in [-0.15, -0.1) is 0 Å². The van der Waals surface area contributed by atoms with E-state index in [9.17, 15) is 0 Å². The Kier molecular flexibility index (Phi) is 5.72. The molecule has 1 saturated heterocycles. The van der Waals surface area contributed by atoms with E-state index >= 15 is 0 Å². The second-order valence-electron chi connectivity index (χ2n) is 3.56. The highest BCUT2D eigenvalue weighted by Crippen LogP contribution is 2.29. The van der Waals surface area contributed by atoms with Gasteiger partial charge in [0.15, 0.2) is 0 Å². The normalized spacial score (nSPS) is 26.2. The summed E-state index contributed by atoms with van der Waals surface area (Å²) >= 11 is 0. The summed E-state index contributed by atoms with van der Waals surface area (Å²) in [4.78, 5) is 0. The van der Waals surface area contributed by atoms with Crippen molar-refractivity contribution in [3.05, 3.63) is 0 Å². The molecule has 0 aliphatic carbocycles. The fourth-order valence-electron chi connectivity index (χ4n) is 1.66. The van der Waals surface area contributed by atoms with Crippen molar-refractivity contribution in [3.8, 4) is 0 Å². The number of rotatable bonds is 4. The van der Waals surface area contributed by atoms with Gasteiger partial charge in [-0.1, -0.05) is 18.7 Å². The van der Waals surface area contributed by atoms with Crippen molar-refractivity contribution in [1.29, 1.82) is 0 Å². The summed E-state index contributed by atoms with van der Waals surface area (Å²) in [5.41, 5.74) is 0.560. The first-order chi connectivity index (χ1) is 6.38. The molecule has 0 amide bonds. The maximum Gasteiger partial charge on any atom is 0.0978 e. The largest absolute Gasteiger partial charge is 0.368 e. The molecule has 2 atom stereocenters. The van der Waals surface area contributed by atoms with Crippen molar-refractivity contribution in [2.75, 3.05) is 12.4 Å². The molecule has 0 aromatic carbocycles. The van der Waals surface area contributed by atoms with E-state index in [1.54, 1.807) is 0 Å². The maximum absolute atomic E-state index is 5.81. The summed E-state index contributed by atoms with van der Waals surface area (Å²) < 4.78 is 5.81. The van der Waals surface area contributed by atoms with E-state index in [1.165, 1.54) is 37.9 Å². The Bertz CT molecular complexity index is 159. The molecule has 1 rings (SSSR count). The molecular formula is C11H22OS. The van der Waals surface area contributed by atoms with Crippen LogP contribution in [-0.4, -0.2) is 23.2 Å². The minimum Gasteiger partial charge on any atom is -0.368 e. The zero-order valence-electron chi connectivity index (χ0n) is 8.92. The van der Waals surface area contributed by atoms with Gasteiger partial charge >= 0.3 is 0 Å². The third kappa shape index (κ3) is 3.82. The monoisotopic (exact) mass is 202 g/mol. The van der Waals surface area contributed by atoms with Crippen molar-refractivity contribution in [3.63, 3.8) is 0 Å². The predicted molar refractivity (Wildman–Crippen MR) is 62.7 cm³/mol. The molecular weight excluding hydrogens is 180 g/mol. The summed E-state index contributed by atoms with van der Waals surface area (Å²) in [5, 5.41) is 2.37. The fraction of sp³-hybridized carbons (Fsp3) is 0.909. The first-order valence-electron chi connectivity index (χ1n) is 5.48. The summed E-state index contributed by atoms with van der Waals surface area (Å²) in [7, 11) is 0.435. The Hall–Kier alpha value is 0.180. The van der Waals surface area contributed by atoms with Gasteiger partial charge in [0.2, 0.25) is 0 Å². The van der Waals surface area contributed by atoms with Gasteiger partial charge in [0.25, 0.3) is 0 Å². The first kappa shape index (κ1) is 11.3. The molecule has 0 aromatic rings. The van der Waals surface area contributed by atoms with E-state index in [-0.39, 0.29) is 0 Å². The van der Waals surface area contributed by atoms with Crippen molar-refractivity contribution in [2.24, 2.45) is 0 Å². The first-order valence-corrected chi connectivity index (χ1v) is 7.00. The van der Waals surface area contributed by atoms with Gasteiger partial charge in [-0.3, -0.25) is 0 Å². The summed E-state index contributed by atoms with van der Waals surface area (Å²) in [6.07, 6.45) is 6.59. The van der Waals surface area contributed by atoms with Crippen LogP contribution < -0.4 is 0 Å². The summed E-state index contributed by atoms with van der Waals surface area (Å²) in [5.74, 6) is 1.34. The predicted octanol–water partition coefficient (Wildman–Crippen LogP) is 3.40. The minimum absolute atomic E-state index is 0.435. The molecule has 1 fully saturated rings. The Morgan fingerprint density at radius 1 is 1.46 bits per heavy atom. The van der Waals surface area contributed by atoms with Crippen LogP contribution in [0, 0.1) is 0 Å². The topological polar surface area (TPSA) is 9.23 Å². The maximum atomic E-state index is 5.81. The molecule has 0 spiro atoms. The van der Waals surface area contributed by atoms with E-state index in [2.05, 4.69) is 19.2 Å². The third-order valence-corrected chi connectivity index (χ3v) is 4.92. The van der Waals surface area contributed by atoms with Crippen molar-refractivity contribution < 1.29 is 4.74 Å². The minimum atomic E-state index is 0.435. The van der Waals surface area contributed by atoms with Crippen LogP contribution in [0.2, 0.25) is 0 Å². The number of hydrogen-bond donors (Lipinski definition) is 0. The fourth-order valence-corrected chi connectivity index (χ4v) is 3.83. The van der Waals surface area contributed by atoms with E-state index < -0.39 is 0 Å². The van der Waals surface area contributed by atoms with Crippen LogP contribution in [0.25, 0.3) is 0 Å². The summed E-state index contributed by atoms with van der Waals surface area (Å²) in [6, 6.07) is 0. The molecule has 1 aliphatic rings. The third-order valence-electron chi connectivity index (χ3n) is 2.51. The lowest BCUT2D eigenvalue weighted by Crippen LogP contribution is -2.18. The average Bonchev–Trinajstić information content (AvgIpc) is 2.21. The number of ether oxygens (including phenoxy) is 1. The second-order valence-corrected chi connectivity index (χ2v) is 5.90. The molecule has 78 valence electrons. The molecule has 0 bridgehead atoms. The van der Waals surface area contributed by atoms with Gasteiger partial charge in [-0.25, -0.2) is 0 Å². The quantitative estimate of drug-likeness (QED) is 0.635. The lowest BCUT2D eigenvalue weighted by atomic mass is 10.2. The lowest BCUT2D eigenvalue weighted by molar-refractivity contribution is 0.0725. The zero-order valence-corrected chi connectivity index (χ0v) is 9.74. The molecule has 0 N–H and O–H groups in total. The van der Waals surface area contributed by atoms with Crippen molar-refractivity contribution >= 4 is 15.9 Å². The molecule has 0 radical (unpaired) electrons. The Labute approximate surface area is 84.8 Å². The van der Waals surface area contributed by atoms with Crippen LogP contribution in [-0.2, 0) is 4.74 Å². The Morgan fingerprint density at radius 3 is 2.85 bits per heavy atom. The Morgan fingerprint density at radius 2 is 2.31 bits per heavy atom. The number of unbranched alkanes of at least 4 members (excludes halogenated alkanes) is 1. The van der Waals surface area contributed by atoms with Crippen LogP contribution in [0.1, 0.15) is 46.0 Å². The molecule has 1 aliphatic heterocycles. The van der Waals surface area contributed by atoms with Crippen LogP contribution in [0.3, 0.4) is 0 Å². The van der Waals surface area contributed by atoms with Gasteiger partial charge in [-0.2, -0.15) is 10.5 Å².